The summed E-state index contributed by atoms with van der Waals surface area (Å²) >= 11 is 0. The molecule has 4 rings (SSSR count). The number of imidazole rings is 1. The van der Waals surface area contributed by atoms with Gasteiger partial charge >= 0.3 is 17.9 Å². The molecule has 0 saturated carbocycles. The van der Waals surface area contributed by atoms with E-state index in [1.165, 1.54) is 31.7 Å². The van der Waals surface area contributed by atoms with E-state index in [4.69, 9.17) is 23.7 Å². The molecule has 0 bridgehead atoms. The van der Waals surface area contributed by atoms with Crippen LogP contribution in [0.15, 0.2) is 6.33 Å². The number of nitriles is 1. The van der Waals surface area contributed by atoms with Gasteiger partial charge in [0.1, 0.15) is 18.8 Å². The van der Waals surface area contributed by atoms with Gasteiger partial charge in [0.25, 0.3) is 0 Å². The average Bonchev–Trinajstić information content (AvgIpc) is 3.52. The van der Waals surface area contributed by atoms with Crippen LogP contribution in [0.5, 0.6) is 0 Å². The van der Waals surface area contributed by atoms with E-state index in [1.807, 2.05) is 6.07 Å². The third-order valence-electron chi connectivity index (χ3n) is 5.41. The third kappa shape index (κ3) is 5.31. The van der Waals surface area contributed by atoms with E-state index < -0.39 is 42.4 Å². The number of nitrogens with zero attached hydrogens (tertiary/aromatic N) is 5. The minimum atomic E-state index is -1.12. The first-order chi connectivity index (χ1) is 16.8. The van der Waals surface area contributed by atoms with Gasteiger partial charge in [0, 0.05) is 27.4 Å². The molecule has 2 aromatic rings. The van der Waals surface area contributed by atoms with E-state index in [1.54, 1.807) is 0 Å². The van der Waals surface area contributed by atoms with Crippen molar-refractivity contribution in [2.45, 2.75) is 57.8 Å². The minimum Gasteiger partial charge on any atom is -0.463 e. The van der Waals surface area contributed by atoms with Crippen LogP contribution in [-0.4, -0.2) is 81.6 Å². The maximum absolute atomic E-state index is 11.9. The Kier molecular flexibility index (Phi) is 7.08. The van der Waals surface area contributed by atoms with Crippen LogP contribution < -0.4 is 5.32 Å². The van der Waals surface area contributed by atoms with Crippen molar-refractivity contribution >= 4 is 34.9 Å². The zero-order valence-electron chi connectivity index (χ0n) is 19.3. The molecule has 186 valence electrons. The summed E-state index contributed by atoms with van der Waals surface area (Å²) in [6.45, 7) is 4.47. The topological polar surface area (TPSA) is 177 Å². The van der Waals surface area contributed by atoms with E-state index in [0.29, 0.717) is 24.5 Å². The summed E-state index contributed by atoms with van der Waals surface area (Å²) < 4.78 is 28.8. The number of esters is 3. The lowest BCUT2D eigenvalue weighted by atomic mass is 10.1. The van der Waals surface area contributed by atoms with Crippen molar-refractivity contribution in [3.8, 4) is 6.07 Å². The van der Waals surface area contributed by atoms with Gasteiger partial charge in [0.15, 0.2) is 35.4 Å². The zero-order valence-corrected chi connectivity index (χ0v) is 19.3. The first-order valence-corrected chi connectivity index (χ1v) is 10.9. The predicted molar refractivity (Wildman–Crippen MR) is 115 cm³/mol. The Hall–Kier alpha value is -3.83. The number of hydrogen-bond acceptors (Lipinski definition) is 13. The van der Waals surface area contributed by atoms with Gasteiger partial charge in [-0.25, -0.2) is 4.98 Å². The number of aromatic nitrogens is 4. The Labute approximate surface area is 199 Å². The molecule has 5 atom stereocenters. The summed E-state index contributed by atoms with van der Waals surface area (Å²) in [7, 11) is 0. The molecule has 1 N–H and O–H groups in total. The van der Waals surface area contributed by atoms with Gasteiger partial charge in [-0.2, -0.15) is 15.2 Å². The number of carbonyl (C=O) groups is 3. The fraction of sp³-hybridized carbons (Fsp3) is 0.571. The second-order valence-electron chi connectivity index (χ2n) is 8.05. The summed E-state index contributed by atoms with van der Waals surface area (Å²) in [5.41, 5.74) is 0.586. The van der Waals surface area contributed by atoms with Crippen LogP contribution in [0.4, 0.5) is 5.82 Å². The molecule has 2 aromatic heterocycles. The molecule has 2 aliphatic heterocycles. The monoisotopic (exact) mass is 488 g/mol. The minimum absolute atomic E-state index is 0.0113. The van der Waals surface area contributed by atoms with Gasteiger partial charge in [0.2, 0.25) is 5.82 Å². The molecule has 0 aliphatic carbocycles. The fourth-order valence-corrected chi connectivity index (χ4v) is 4.01. The highest BCUT2D eigenvalue weighted by molar-refractivity contribution is 5.83. The SMILES string of the molecule is CC(=O)OCC1OC(n2cnc3c(NC4CCOC4)nc(C#N)nc32)C(OC(C)=O)C1OC(C)=O. The van der Waals surface area contributed by atoms with Gasteiger partial charge in [-0.3, -0.25) is 19.0 Å². The molecule has 2 fully saturated rings. The number of hydrogen-bond donors (Lipinski definition) is 1. The highest BCUT2D eigenvalue weighted by Gasteiger charge is 2.51. The molecule has 2 saturated heterocycles. The molecular formula is C21H24N6O8. The van der Waals surface area contributed by atoms with Gasteiger partial charge in [-0.15, -0.1) is 0 Å². The van der Waals surface area contributed by atoms with Crippen molar-refractivity contribution in [1.82, 2.24) is 19.5 Å². The normalized spacial score (nSPS) is 25.7. The maximum atomic E-state index is 11.9. The molecule has 0 amide bonds. The van der Waals surface area contributed by atoms with Crippen molar-refractivity contribution < 1.29 is 38.1 Å². The molecule has 4 heterocycles. The second-order valence-corrected chi connectivity index (χ2v) is 8.05. The number of fused-ring (bicyclic) bond motifs is 1. The number of carbonyl (C=O) groups excluding carboxylic acids is 3. The van der Waals surface area contributed by atoms with Crippen LogP contribution in [0, 0.1) is 11.3 Å². The molecule has 2 aliphatic rings. The van der Waals surface area contributed by atoms with Crippen molar-refractivity contribution in [2.24, 2.45) is 0 Å². The van der Waals surface area contributed by atoms with Gasteiger partial charge in [-0.05, 0) is 6.42 Å². The summed E-state index contributed by atoms with van der Waals surface area (Å²) in [5, 5.41) is 12.7. The predicted octanol–water partition coefficient (Wildman–Crippen LogP) is 0.223. The molecular weight excluding hydrogens is 464 g/mol. The van der Waals surface area contributed by atoms with Crippen LogP contribution in [0.3, 0.4) is 0 Å². The number of anilines is 1. The maximum Gasteiger partial charge on any atom is 0.303 e. The lowest BCUT2D eigenvalue weighted by Gasteiger charge is -2.23. The van der Waals surface area contributed by atoms with Gasteiger partial charge < -0.3 is 29.0 Å². The van der Waals surface area contributed by atoms with E-state index in [2.05, 4.69) is 20.3 Å². The third-order valence-corrected chi connectivity index (χ3v) is 5.41. The average molecular weight is 488 g/mol. The molecule has 14 heteroatoms. The Morgan fingerprint density at radius 2 is 1.91 bits per heavy atom. The highest BCUT2D eigenvalue weighted by atomic mass is 16.7. The van der Waals surface area contributed by atoms with E-state index in [9.17, 15) is 19.6 Å². The van der Waals surface area contributed by atoms with Gasteiger partial charge in [-0.1, -0.05) is 0 Å². The van der Waals surface area contributed by atoms with E-state index in [0.717, 1.165) is 6.42 Å². The van der Waals surface area contributed by atoms with Crippen LogP contribution in [0.1, 0.15) is 39.2 Å². The number of rotatable bonds is 7. The number of nitrogens with one attached hydrogen (secondary N) is 1. The van der Waals surface area contributed by atoms with E-state index in [-0.39, 0.29) is 24.1 Å². The van der Waals surface area contributed by atoms with Crippen LogP contribution >= 0.6 is 0 Å². The first-order valence-electron chi connectivity index (χ1n) is 10.9. The largest absolute Gasteiger partial charge is 0.463 e. The summed E-state index contributed by atoms with van der Waals surface area (Å²) in [6.07, 6.45) is -2.04. The second kappa shape index (κ2) is 10.2. The van der Waals surface area contributed by atoms with Gasteiger partial charge in [0.05, 0.1) is 19.0 Å². The molecule has 35 heavy (non-hydrogen) atoms. The zero-order chi connectivity index (χ0) is 25.1. The van der Waals surface area contributed by atoms with Crippen LogP contribution in [-0.2, 0) is 38.1 Å². The Morgan fingerprint density at radius 3 is 2.54 bits per heavy atom. The lowest BCUT2D eigenvalue weighted by molar-refractivity contribution is -0.166. The van der Waals surface area contributed by atoms with Crippen LogP contribution in [0.25, 0.3) is 11.2 Å². The standard InChI is InChI=1S/C21H24N6O8/c1-10(28)32-8-14-17(33-11(2)29)18(34-12(3)30)21(35-14)27-9-23-16-19(24-13-4-5-31-7-13)25-15(6-22)26-20(16)27/h9,13-14,17-18,21H,4-5,7-8H2,1-3H3,(H,24,25,26). The summed E-state index contributed by atoms with van der Waals surface area (Å²) in [4.78, 5) is 48.0. The summed E-state index contributed by atoms with van der Waals surface area (Å²) in [5.74, 6) is -1.62. The fourth-order valence-electron chi connectivity index (χ4n) is 4.01. The smallest absolute Gasteiger partial charge is 0.303 e. The van der Waals surface area contributed by atoms with Crippen molar-refractivity contribution in [3.63, 3.8) is 0 Å². The van der Waals surface area contributed by atoms with Crippen molar-refractivity contribution in [3.05, 3.63) is 12.2 Å². The van der Waals surface area contributed by atoms with E-state index >= 15 is 0 Å². The molecule has 0 aromatic carbocycles. The first kappa shape index (κ1) is 24.3. The van der Waals surface area contributed by atoms with Crippen molar-refractivity contribution in [1.29, 1.82) is 5.26 Å². The molecule has 14 nitrogen and oxygen atoms in total. The van der Waals surface area contributed by atoms with Crippen LogP contribution in [0.2, 0.25) is 0 Å². The molecule has 0 spiro atoms. The number of ether oxygens (including phenoxy) is 5. The highest BCUT2D eigenvalue weighted by Crippen LogP contribution is 2.36. The Morgan fingerprint density at radius 1 is 1.17 bits per heavy atom. The molecule has 0 radical (unpaired) electrons. The molecule has 5 unspecified atom stereocenters. The lowest BCUT2D eigenvalue weighted by Crippen LogP contribution is -2.40. The summed E-state index contributed by atoms with van der Waals surface area (Å²) in [6, 6.07) is 1.91. The Balaban J connectivity index is 1.75. The quantitative estimate of drug-likeness (QED) is 0.414. The Bertz CT molecular complexity index is 1170. The van der Waals surface area contributed by atoms with Crippen molar-refractivity contribution in [2.75, 3.05) is 25.1 Å².